The van der Waals surface area contributed by atoms with Gasteiger partial charge in [0, 0.05) is 18.0 Å². The van der Waals surface area contributed by atoms with Crippen LogP contribution >= 0.6 is 0 Å². The summed E-state index contributed by atoms with van der Waals surface area (Å²) >= 11 is 0. The van der Waals surface area contributed by atoms with Crippen LogP contribution in [0.3, 0.4) is 0 Å². The first-order valence-electron chi connectivity index (χ1n) is 10.9. The molecule has 0 saturated carbocycles. The summed E-state index contributed by atoms with van der Waals surface area (Å²) in [4.78, 5) is 12.8. The molecule has 1 N–H and O–H groups in total. The lowest BCUT2D eigenvalue weighted by Crippen LogP contribution is -2.25. The maximum Gasteiger partial charge on any atom is 0.251 e. The third-order valence-electron chi connectivity index (χ3n) is 5.47. The summed E-state index contributed by atoms with van der Waals surface area (Å²) in [6.07, 6.45) is 0.823. The van der Waals surface area contributed by atoms with Gasteiger partial charge >= 0.3 is 0 Å². The minimum atomic E-state index is -0.0879. The number of carbonyl (C=O) groups is 1. The van der Waals surface area contributed by atoms with Crippen molar-refractivity contribution < 1.29 is 9.53 Å². The molecule has 160 valence electrons. The lowest BCUT2D eigenvalue weighted by atomic mass is 9.88. The highest BCUT2D eigenvalue weighted by Gasteiger charge is 2.14. The van der Waals surface area contributed by atoms with Crippen molar-refractivity contribution in [2.24, 2.45) is 0 Å². The van der Waals surface area contributed by atoms with Crippen molar-refractivity contribution in [3.63, 3.8) is 0 Å². The minimum absolute atomic E-state index is 0.0879. The molecule has 4 rings (SSSR count). The van der Waals surface area contributed by atoms with Crippen LogP contribution in [0.1, 0.15) is 39.4 Å². The fourth-order valence-electron chi connectivity index (χ4n) is 3.80. The van der Waals surface area contributed by atoms with Gasteiger partial charge in [0.25, 0.3) is 5.91 Å². The van der Waals surface area contributed by atoms with E-state index in [1.807, 2.05) is 60.7 Å². The smallest absolute Gasteiger partial charge is 0.251 e. The van der Waals surface area contributed by atoms with Crippen molar-refractivity contribution in [1.29, 1.82) is 0 Å². The SMILES string of the molecule is O=C(NCCC(c1ccccc1)c1ccccc1)c1cccc(OCc2ccccc2)c1. The first-order valence-corrected chi connectivity index (χ1v) is 10.9. The molecule has 0 aliphatic rings. The lowest BCUT2D eigenvalue weighted by Gasteiger charge is -2.18. The van der Waals surface area contributed by atoms with Gasteiger partial charge in [-0.1, -0.05) is 97.1 Å². The molecule has 4 aromatic carbocycles. The standard InChI is InChI=1S/C29H27NO2/c31-29(26-17-10-18-27(21-26)32-22-23-11-4-1-5-12-23)30-20-19-28(24-13-6-2-7-14-24)25-15-8-3-9-16-25/h1-18,21,28H,19-20,22H2,(H,30,31). The highest BCUT2D eigenvalue weighted by Crippen LogP contribution is 2.27. The summed E-state index contributed by atoms with van der Waals surface area (Å²) in [7, 11) is 0. The summed E-state index contributed by atoms with van der Waals surface area (Å²) in [6.45, 7) is 1.06. The van der Waals surface area contributed by atoms with Gasteiger partial charge in [-0.25, -0.2) is 0 Å². The van der Waals surface area contributed by atoms with Gasteiger partial charge in [0.1, 0.15) is 12.4 Å². The van der Waals surface area contributed by atoms with E-state index in [0.29, 0.717) is 24.5 Å². The van der Waals surface area contributed by atoms with Crippen LogP contribution in [0.25, 0.3) is 0 Å². The normalized spacial score (nSPS) is 10.7. The van der Waals surface area contributed by atoms with Gasteiger partial charge in [0.15, 0.2) is 0 Å². The van der Waals surface area contributed by atoms with E-state index in [0.717, 1.165) is 12.0 Å². The van der Waals surface area contributed by atoms with Crippen molar-refractivity contribution in [1.82, 2.24) is 5.32 Å². The van der Waals surface area contributed by atoms with Gasteiger partial charge in [0.2, 0.25) is 0 Å². The molecule has 0 unspecified atom stereocenters. The Morgan fingerprint density at radius 3 is 1.94 bits per heavy atom. The predicted octanol–water partition coefficient (Wildman–Crippen LogP) is 6.22. The number of nitrogens with one attached hydrogen (secondary N) is 1. The first kappa shape index (κ1) is 21.4. The number of hydrogen-bond acceptors (Lipinski definition) is 2. The Labute approximate surface area is 189 Å². The zero-order valence-corrected chi connectivity index (χ0v) is 18.0. The van der Waals surface area contributed by atoms with Crippen molar-refractivity contribution in [3.05, 3.63) is 138 Å². The van der Waals surface area contributed by atoms with Crippen molar-refractivity contribution in [2.45, 2.75) is 18.9 Å². The number of hydrogen-bond donors (Lipinski definition) is 1. The van der Waals surface area contributed by atoms with Crippen molar-refractivity contribution >= 4 is 5.91 Å². The van der Waals surface area contributed by atoms with E-state index in [2.05, 4.69) is 53.8 Å². The fraction of sp³-hybridized carbons (Fsp3) is 0.138. The number of ether oxygens (including phenoxy) is 1. The quantitative estimate of drug-likeness (QED) is 0.348. The average Bonchev–Trinajstić information content (AvgIpc) is 2.87. The van der Waals surface area contributed by atoms with E-state index in [1.54, 1.807) is 6.07 Å². The Balaban J connectivity index is 1.36. The molecule has 0 aliphatic carbocycles. The van der Waals surface area contributed by atoms with Crippen LogP contribution in [0.5, 0.6) is 5.75 Å². The van der Waals surface area contributed by atoms with E-state index in [9.17, 15) is 4.79 Å². The Bertz CT molecular complexity index is 1070. The Morgan fingerprint density at radius 2 is 1.31 bits per heavy atom. The summed E-state index contributed by atoms with van der Waals surface area (Å²) in [5.41, 5.74) is 4.20. The second-order valence-electron chi connectivity index (χ2n) is 7.72. The van der Waals surface area contributed by atoms with E-state index in [4.69, 9.17) is 4.74 Å². The largest absolute Gasteiger partial charge is 0.489 e. The van der Waals surface area contributed by atoms with Gasteiger partial charge in [-0.3, -0.25) is 4.79 Å². The zero-order chi connectivity index (χ0) is 22.0. The molecule has 3 heteroatoms. The van der Waals surface area contributed by atoms with Crippen LogP contribution in [-0.2, 0) is 6.61 Å². The van der Waals surface area contributed by atoms with Crippen LogP contribution in [-0.4, -0.2) is 12.5 Å². The van der Waals surface area contributed by atoms with Crippen molar-refractivity contribution in [3.8, 4) is 5.75 Å². The Morgan fingerprint density at radius 1 is 0.719 bits per heavy atom. The highest BCUT2D eigenvalue weighted by atomic mass is 16.5. The molecule has 0 atom stereocenters. The van der Waals surface area contributed by atoms with Gasteiger partial charge in [-0.2, -0.15) is 0 Å². The molecule has 3 nitrogen and oxygen atoms in total. The van der Waals surface area contributed by atoms with E-state index < -0.39 is 0 Å². The molecule has 1 amide bonds. The zero-order valence-electron chi connectivity index (χ0n) is 18.0. The molecule has 0 bridgehead atoms. The third kappa shape index (κ3) is 5.86. The highest BCUT2D eigenvalue weighted by molar-refractivity contribution is 5.94. The van der Waals surface area contributed by atoms with Crippen LogP contribution < -0.4 is 10.1 Å². The number of carbonyl (C=O) groups excluding carboxylic acids is 1. The molecule has 32 heavy (non-hydrogen) atoms. The van der Waals surface area contributed by atoms with Gasteiger partial charge in [-0.05, 0) is 41.3 Å². The Hall–Kier alpha value is -3.85. The second kappa shape index (κ2) is 11.0. The van der Waals surface area contributed by atoms with E-state index >= 15 is 0 Å². The first-order chi connectivity index (χ1) is 15.8. The topological polar surface area (TPSA) is 38.3 Å². The summed E-state index contributed by atoms with van der Waals surface area (Å²) in [5, 5.41) is 3.08. The van der Waals surface area contributed by atoms with Crippen LogP contribution in [0.4, 0.5) is 0 Å². The monoisotopic (exact) mass is 421 g/mol. The fourth-order valence-corrected chi connectivity index (χ4v) is 3.80. The van der Waals surface area contributed by atoms with Crippen LogP contribution in [0, 0.1) is 0 Å². The lowest BCUT2D eigenvalue weighted by molar-refractivity contribution is 0.0952. The minimum Gasteiger partial charge on any atom is -0.489 e. The van der Waals surface area contributed by atoms with Crippen LogP contribution in [0.2, 0.25) is 0 Å². The summed E-state index contributed by atoms with van der Waals surface area (Å²) in [5.74, 6) is 0.834. The molecule has 0 heterocycles. The second-order valence-corrected chi connectivity index (χ2v) is 7.72. The molecule has 0 spiro atoms. The number of benzene rings is 4. The number of amides is 1. The predicted molar refractivity (Wildman–Crippen MR) is 129 cm³/mol. The van der Waals surface area contributed by atoms with E-state index in [1.165, 1.54) is 11.1 Å². The van der Waals surface area contributed by atoms with E-state index in [-0.39, 0.29) is 11.8 Å². The third-order valence-corrected chi connectivity index (χ3v) is 5.47. The van der Waals surface area contributed by atoms with Gasteiger partial charge in [-0.15, -0.1) is 0 Å². The van der Waals surface area contributed by atoms with Crippen LogP contribution in [0.15, 0.2) is 115 Å². The Kier molecular flexibility index (Phi) is 7.33. The molecule has 4 aromatic rings. The summed E-state index contributed by atoms with van der Waals surface area (Å²) < 4.78 is 5.86. The molecular weight excluding hydrogens is 394 g/mol. The maximum absolute atomic E-state index is 12.8. The molecule has 0 aliphatic heterocycles. The molecule has 0 saturated heterocycles. The summed E-state index contributed by atoms with van der Waals surface area (Å²) in [6, 6.07) is 38.2. The number of rotatable bonds is 9. The maximum atomic E-state index is 12.8. The molecular formula is C29H27NO2. The molecule has 0 fully saturated rings. The average molecular weight is 422 g/mol. The molecule has 0 radical (unpaired) electrons. The van der Waals surface area contributed by atoms with Gasteiger partial charge in [0.05, 0.1) is 0 Å². The molecule has 0 aromatic heterocycles. The van der Waals surface area contributed by atoms with Gasteiger partial charge < -0.3 is 10.1 Å². The van der Waals surface area contributed by atoms with Crippen molar-refractivity contribution in [2.75, 3.05) is 6.54 Å².